The van der Waals surface area contributed by atoms with Crippen molar-refractivity contribution in [3.05, 3.63) is 41.1 Å². The van der Waals surface area contributed by atoms with Crippen molar-refractivity contribution in [2.45, 2.75) is 18.9 Å². The molecule has 2 rings (SSSR count). The standard InChI is InChI=1S/C12H14ClN/c1-14(11-7-8-11)12(13)9-10-5-3-2-4-6-10/h2-6,9,11H,7-8H2,1H3. The molecule has 0 atom stereocenters. The van der Waals surface area contributed by atoms with E-state index in [0.717, 1.165) is 10.7 Å². The third-order valence-electron chi connectivity index (χ3n) is 2.52. The van der Waals surface area contributed by atoms with Crippen molar-refractivity contribution in [2.24, 2.45) is 0 Å². The third-order valence-corrected chi connectivity index (χ3v) is 2.89. The van der Waals surface area contributed by atoms with Crippen molar-refractivity contribution in [1.82, 2.24) is 4.90 Å². The summed E-state index contributed by atoms with van der Waals surface area (Å²) in [5.74, 6) is 0. The highest BCUT2D eigenvalue weighted by Crippen LogP contribution is 2.30. The fourth-order valence-corrected chi connectivity index (χ4v) is 1.69. The van der Waals surface area contributed by atoms with Gasteiger partial charge in [0.05, 0.1) is 0 Å². The average Bonchev–Trinajstić information content (AvgIpc) is 3.01. The molecule has 1 nitrogen and oxygen atoms in total. The molecule has 1 fully saturated rings. The van der Waals surface area contributed by atoms with Gasteiger partial charge in [-0.3, -0.25) is 0 Å². The topological polar surface area (TPSA) is 3.24 Å². The molecule has 0 heterocycles. The van der Waals surface area contributed by atoms with Crippen molar-refractivity contribution in [1.29, 1.82) is 0 Å². The van der Waals surface area contributed by atoms with Crippen LogP contribution in [-0.4, -0.2) is 18.0 Å². The molecule has 0 amide bonds. The Kier molecular flexibility index (Phi) is 2.78. The zero-order chi connectivity index (χ0) is 9.97. The lowest BCUT2D eigenvalue weighted by atomic mass is 10.2. The molecule has 0 aliphatic heterocycles. The number of benzene rings is 1. The van der Waals surface area contributed by atoms with Crippen molar-refractivity contribution in [3.63, 3.8) is 0 Å². The van der Waals surface area contributed by atoms with Gasteiger partial charge in [-0.2, -0.15) is 0 Å². The number of halogens is 1. The molecular formula is C12H14ClN. The van der Waals surface area contributed by atoms with Crippen LogP contribution in [0.2, 0.25) is 0 Å². The van der Waals surface area contributed by atoms with E-state index in [1.54, 1.807) is 0 Å². The minimum absolute atomic E-state index is 0.669. The predicted molar refractivity (Wildman–Crippen MR) is 61.1 cm³/mol. The van der Waals surface area contributed by atoms with Crippen LogP contribution in [0.3, 0.4) is 0 Å². The SMILES string of the molecule is CN(C(Cl)=Cc1ccccc1)C1CC1. The number of rotatable bonds is 3. The highest BCUT2D eigenvalue weighted by molar-refractivity contribution is 6.31. The van der Waals surface area contributed by atoms with Gasteiger partial charge in [-0.15, -0.1) is 0 Å². The summed E-state index contributed by atoms with van der Waals surface area (Å²) in [4.78, 5) is 2.15. The Morgan fingerprint density at radius 1 is 1.36 bits per heavy atom. The van der Waals surface area contributed by atoms with Gasteiger partial charge in [0.2, 0.25) is 0 Å². The predicted octanol–water partition coefficient (Wildman–Crippen LogP) is 3.32. The van der Waals surface area contributed by atoms with Gasteiger partial charge in [0, 0.05) is 13.1 Å². The van der Waals surface area contributed by atoms with Crippen LogP contribution >= 0.6 is 11.6 Å². The van der Waals surface area contributed by atoms with E-state index in [0.29, 0.717) is 6.04 Å². The lowest BCUT2D eigenvalue weighted by Crippen LogP contribution is -2.16. The van der Waals surface area contributed by atoms with Gasteiger partial charge < -0.3 is 4.90 Å². The van der Waals surface area contributed by atoms with Gasteiger partial charge in [0.15, 0.2) is 0 Å². The first-order valence-corrected chi connectivity index (χ1v) is 5.30. The fraction of sp³-hybridized carbons (Fsp3) is 0.333. The Hall–Kier alpha value is -0.950. The maximum atomic E-state index is 6.19. The van der Waals surface area contributed by atoms with Crippen LogP contribution in [-0.2, 0) is 0 Å². The summed E-state index contributed by atoms with van der Waals surface area (Å²) in [6.45, 7) is 0. The van der Waals surface area contributed by atoms with E-state index in [1.165, 1.54) is 12.8 Å². The van der Waals surface area contributed by atoms with Crippen LogP contribution in [0.4, 0.5) is 0 Å². The van der Waals surface area contributed by atoms with Gasteiger partial charge in [0.1, 0.15) is 5.16 Å². The summed E-state index contributed by atoms with van der Waals surface area (Å²) in [5.41, 5.74) is 1.16. The molecule has 1 aromatic carbocycles. The van der Waals surface area contributed by atoms with Crippen molar-refractivity contribution >= 4 is 17.7 Å². The molecule has 0 bridgehead atoms. The molecule has 2 heteroatoms. The van der Waals surface area contributed by atoms with Crippen molar-refractivity contribution in [2.75, 3.05) is 7.05 Å². The quantitative estimate of drug-likeness (QED) is 0.688. The first-order chi connectivity index (χ1) is 6.77. The smallest absolute Gasteiger partial charge is 0.105 e. The Balaban J connectivity index is 2.09. The Morgan fingerprint density at radius 2 is 2.00 bits per heavy atom. The molecule has 1 aliphatic rings. The second kappa shape index (κ2) is 4.05. The maximum absolute atomic E-state index is 6.19. The summed E-state index contributed by atoms with van der Waals surface area (Å²) in [5, 5.41) is 0.832. The minimum atomic E-state index is 0.669. The van der Waals surface area contributed by atoms with E-state index < -0.39 is 0 Å². The minimum Gasteiger partial charge on any atom is -0.362 e. The van der Waals surface area contributed by atoms with E-state index in [4.69, 9.17) is 11.6 Å². The molecular weight excluding hydrogens is 194 g/mol. The maximum Gasteiger partial charge on any atom is 0.105 e. The van der Waals surface area contributed by atoms with E-state index in [-0.39, 0.29) is 0 Å². The first kappa shape index (κ1) is 9.60. The van der Waals surface area contributed by atoms with Crippen LogP contribution in [0.1, 0.15) is 18.4 Å². The van der Waals surface area contributed by atoms with Gasteiger partial charge in [0.25, 0.3) is 0 Å². The highest BCUT2D eigenvalue weighted by atomic mass is 35.5. The molecule has 0 spiro atoms. The van der Waals surface area contributed by atoms with E-state index in [1.807, 2.05) is 24.3 Å². The van der Waals surface area contributed by atoms with Crippen LogP contribution in [0.25, 0.3) is 6.08 Å². The van der Waals surface area contributed by atoms with E-state index >= 15 is 0 Å². The lowest BCUT2D eigenvalue weighted by Gasteiger charge is -2.16. The number of nitrogens with zero attached hydrogens (tertiary/aromatic N) is 1. The molecule has 0 aromatic heterocycles. The van der Waals surface area contributed by atoms with Crippen LogP contribution < -0.4 is 0 Å². The van der Waals surface area contributed by atoms with Crippen LogP contribution in [0, 0.1) is 0 Å². The number of hydrogen-bond acceptors (Lipinski definition) is 1. The normalized spacial score (nSPS) is 16.9. The summed E-state index contributed by atoms with van der Waals surface area (Å²) >= 11 is 6.19. The number of hydrogen-bond donors (Lipinski definition) is 0. The van der Waals surface area contributed by atoms with Crippen molar-refractivity contribution in [3.8, 4) is 0 Å². The van der Waals surface area contributed by atoms with Crippen molar-refractivity contribution < 1.29 is 0 Å². The van der Waals surface area contributed by atoms with Crippen LogP contribution in [0.15, 0.2) is 35.5 Å². The molecule has 14 heavy (non-hydrogen) atoms. The molecule has 0 unspecified atom stereocenters. The monoisotopic (exact) mass is 207 g/mol. The summed E-state index contributed by atoms with van der Waals surface area (Å²) in [6, 6.07) is 10.8. The second-order valence-corrected chi connectivity index (χ2v) is 4.11. The van der Waals surface area contributed by atoms with E-state index in [2.05, 4.69) is 24.1 Å². The third kappa shape index (κ3) is 2.30. The van der Waals surface area contributed by atoms with Gasteiger partial charge >= 0.3 is 0 Å². The molecule has 1 saturated carbocycles. The molecule has 1 aromatic rings. The van der Waals surface area contributed by atoms with Gasteiger partial charge in [-0.1, -0.05) is 41.9 Å². The Labute approximate surface area is 90.0 Å². The summed E-state index contributed by atoms with van der Waals surface area (Å²) in [6.07, 6.45) is 4.56. The van der Waals surface area contributed by atoms with Crippen LogP contribution in [0.5, 0.6) is 0 Å². The van der Waals surface area contributed by atoms with E-state index in [9.17, 15) is 0 Å². The molecule has 74 valence electrons. The largest absolute Gasteiger partial charge is 0.362 e. The highest BCUT2D eigenvalue weighted by Gasteiger charge is 2.26. The van der Waals surface area contributed by atoms with Gasteiger partial charge in [-0.05, 0) is 24.5 Å². The zero-order valence-electron chi connectivity index (χ0n) is 8.28. The second-order valence-electron chi connectivity index (χ2n) is 3.72. The Bertz CT molecular complexity index is 327. The fourth-order valence-electron chi connectivity index (χ4n) is 1.42. The molecule has 0 saturated heterocycles. The average molecular weight is 208 g/mol. The molecule has 0 N–H and O–H groups in total. The molecule has 0 radical (unpaired) electrons. The summed E-state index contributed by atoms with van der Waals surface area (Å²) < 4.78 is 0. The summed E-state index contributed by atoms with van der Waals surface area (Å²) in [7, 11) is 2.06. The molecule has 1 aliphatic carbocycles. The van der Waals surface area contributed by atoms with Gasteiger partial charge in [-0.25, -0.2) is 0 Å². The first-order valence-electron chi connectivity index (χ1n) is 4.92. The Morgan fingerprint density at radius 3 is 2.57 bits per heavy atom. The zero-order valence-corrected chi connectivity index (χ0v) is 9.04. The lowest BCUT2D eigenvalue weighted by molar-refractivity contribution is 0.436.